The van der Waals surface area contributed by atoms with Gasteiger partial charge in [0, 0.05) is 5.69 Å². The molecule has 1 atom stereocenters. The lowest BCUT2D eigenvalue weighted by atomic mass is 10.1. The Morgan fingerprint density at radius 3 is 2.55 bits per heavy atom. The van der Waals surface area contributed by atoms with Gasteiger partial charge in [0.2, 0.25) is 0 Å². The monoisotopic (exact) mass is 397 g/mol. The molecule has 0 spiro atoms. The summed E-state index contributed by atoms with van der Waals surface area (Å²) in [6.07, 6.45) is 1.53. The third kappa shape index (κ3) is 6.38. The van der Waals surface area contributed by atoms with Gasteiger partial charge in [-0.15, -0.1) is 6.58 Å². The Morgan fingerprint density at radius 2 is 1.90 bits per heavy atom. The van der Waals surface area contributed by atoms with Gasteiger partial charge in [0.25, 0.3) is 5.91 Å². The smallest absolute Gasteiger partial charge is 0.344 e. The zero-order valence-corrected chi connectivity index (χ0v) is 17.3. The Morgan fingerprint density at radius 1 is 1.14 bits per heavy atom. The van der Waals surface area contributed by atoms with Gasteiger partial charge < -0.3 is 19.5 Å². The fraction of sp³-hybridized carbons (Fsp3) is 0.304. The summed E-state index contributed by atoms with van der Waals surface area (Å²) >= 11 is 0. The normalized spacial score (nSPS) is 11.3. The van der Waals surface area contributed by atoms with E-state index >= 15 is 0 Å². The van der Waals surface area contributed by atoms with Crippen molar-refractivity contribution < 1.29 is 23.8 Å². The van der Waals surface area contributed by atoms with Crippen molar-refractivity contribution in [1.82, 2.24) is 0 Å². The number of hydrogen-bond acceptors (Lipinski definition) is 5. The van der Waals surface area contributed by atoms with Gasteiger partial charge in [0.15, 0.2) is 24.2 Å². The van der Waals surface area contributed by atoms with Crippen molar-refractivity contribution >= 4 is 17.6 Å². The fourth-order valence-corrected chi connectivity index (χ4v) is 2.73. The van der Waals surface area contributed by atoms with Crippen LogP contribution in [0.1, 0.15) is 23.6 Å². The standard InChI is InChI=1S/C23H27NO5/c1-6-7-18-9-11-20(21(13-18)27-5)28-14-22(25)29-17(4)23(26)24-19-10-8-15(2)12-16(19)3/h6,8-13,17H,1,7,14H2,2-5H3,(H,24,26)/t17-/m0/s1. The fourth-order valence-electron chi connectivity index (χ4n) is 2.73. The lowest BCUT2D eigenvalue weighted by Gasteiger charge is -2.16. The van der Waals surface area contributed by atoms with Gasteiger partial charge in [-0.3, -0.25) is 4.79 Å². The number of amides is 1. The SMILES string of the molecule is C=CCc1ccc(OCC(=O)O[C@@H](C)C(=O)Nc2ccc(C)cc2C)c(OC)c1. The van der Waals surface area contributed by atoms with Crippen molar-refractivity contribution in [3.8, 4) is 11.5 Å². The number of benzene rings is 2. The van der Waals surface area contributed by atoms with Crippen LogP contribution in [0.4, 0.5) is 5.69 Å². The highest BCUT2D eigenvalue weighted by Crippen LogP contribution is 2.28. The van der Waals surface area contributed by atoms with Gasteiger partial charge >= 0.3 is 5.97 Å². The van der Waals surface area contributed by atoms with Gasteiger partial charge in [0.1, 0.15) is 0 Å². The summed E-state index contributed by atoms with van der Waals surface area (Å²) < 4.78 is 16.0. The van der Waals surface area contributed by atoms with Crippen LogP contribution in [0, 0.1) is 13.8 Å². The van der Waals surface area contributed by atoms with Crippen LogP contribution < -0.4 is 14.8 Å². The first kappa shape index (κ1) is 22.0. The molecule has 1 amide bonds. The van der Waals surface area contributed by atoms with E-state index in [-0.39, 0.29) is 6.61 Å². The van der Waals surface area contributed by atoms with Crippen LogP contribution in [0.5, 0.6) is 11.5 Å². The van der Waals surface area contributed by atoms with E-state index in [1.54, 1.807) is 12.1 Å². The molecule has 0 saturated heterocycles. The molecule has 6 heteroatoms. The molecule has 0 aromatic heterocycles. The molecule has 0 heterocycles. The summed E-state index contributed by atoms with van der Waals surface area (Å²) in [5.41, 5.74) is 3.74. The molecule has 0 fully saturated rings. The first-order chi connectivity index (χ1) is 13.8. The Labute approximate surface area is 171 Å². The van der Waals surface area contributed by atoms with Gasteiger partial charge in [-0.1, -0.05) is 29.8 Å². The Hall–Kier alpha value is -3.28. The number of carbonyl (C=O) groups excluding carboxylic acids is 2. The molecule has 2 rings (SSSR count). The second-order valence-corrected chi connectivity index (χ2v) is 6.71. The summed E-state index contributed by atoms with van der Waals surface area (Å²) in [7, 11) is 1.53. The van der Waals surface area contributed by atoms with E-state index in [4.69, 9.17) is 14.2 Å². The van der Waals surface area contributed by atoms with Gasteiger partial charge in [-0.05, 0) is 56.5 Å². The molecular weight excluding hydrogens is 370 g/mol. The summed E-state index contributed by atoms with van der Waals surface area (Å²) in [5.74, 6) is -0.121. The molecule has 29 heavy (non-hydrogen) atoms. The van der Waals surface area contributed by atoms with Crippen molar-refractivity contribution in [2.24, 2.45) is 0 Å². The minimum atomic E-state index is -0.955. The molecule has 0 aliphatic heterocycles. The van der Waals surface area contributed by atoms with Crippen LogP contribution in [-0.2, 0) is 20.7 Å². The number of ether oxygens (including phenoxy) is 3. The molecule has 0 bridgehead atoms. The number of nitrogens with one attached hydrogen (secondary N) is 1. The molecule has 6 nitrogen and oxygen atoms in total. The van der Waals surface area contributed by atoms with E-state index in [1.165, 1.54) is 14.0 Å². The quantitative estimate of drug-likeness (QED) is 0.512. The maximum atomic E-state index is 12.3. The maximum Gasteiger partial charge on any atom is 0.344 e. The van der Waals surface area contributed by atoms with Crippen LogP contribution in [0.3, 0.4) is 0 Å². The van der Waals surface area contributed by atoms with Crippen molar-refractivity contribution in [1.29, 1.82) is 0 Å². The highest BCUT2D eigenvalue weighted by molar-refractivity contribution is 5.95. The number of methoxy groups -OCH3 is 1. The third-order valence-electron chi connectivity index (χ3n) is 4.27. The largest absolute Gasteiger partial charge is 0.493 e. The molecule has 0 radical (unpaired) electrons. The van der Waals surface area contributed by atoms with Crippen molar-refractivity contribution in [3.05, 3.63) is 65.7 Å². The van der Waals surface area contributed by atoms with Crippen molar-refractivity contribution in [2.75, 3.05) is 19.0 Å². The highest BCUT2D eigenvalue weighted by Gasteiger charge is 2.19. The van der Waals surface area contributed by atoms with Gasteiger partial charge in [0.05, 0.1) is 7.11 Å². The maximum absolute atomic E-state index is 12.3. The second-order valence-electron chi connectivity index (χ2n) is 6.71. The zero-order valence-electron chi connectivity index (χ0n) is 17.3. The molecule has 0 unspecified atom stereocenters. The molecule has 0 aliphatic carbocycles. The van der Waals surface area contributed by atoms with Crippen LogP contribution in [-0.4, -0.2) is 31.7 Å². The zero-order chi connectivity index (χ0) is 21.4. The van der Waals surface area contributed by atoms with E-state index in [2.05, 4.69) is 11.9 Å². The van der Waals surface area contributed by atoms with E-state index < -0.39 is 18.0 Å². The molecule has 2 aromatic rings. The summed E-state index contributed by atoms with van der Waals surface area (Å²) in [5, 5.41) is 2.77. The molecule has 154 valence electrons. The highest BCUT2D eigenvalue weighted by atomic mass is 16.6. The van der Waals surface area contributed by atoms with Crippen molar-refractivity contribution in [3.63, 3.8) is 0 Å². The van der Waals surface area contributed by atoms with Crippen LogP contribution >= 0.6 is 0 Å². The second kappa shape index (κ2) is 10.3. The van der Waals surface area contributed by atoms with Crippen LogP contribution in [0.2, 0.25) is 0 Å². The molecule has 0 saturated carbocycles. The first-order valence-electron chi connectivity index (χ1n) is 9.32. The third-order valence-corrected chi connectivity index (χ3v) is 4.27. The Balaban J connectivity index is 1.89. The number of hydrogen-bond donors (Lipinski definition) is 1. The number of esters is 1. The van der Waals surface area contributed by atoms with E-state index in [9.17, 15) is 9.59 Å². The molecular formula is C23H27NO5. The number of aryl methyl sites for hydroxylation is 2. The summed E-state index contributed by atoms with van der Waals surface area (Å²) in [4.78, 5) is 24.4. The van der Waals surface area contributed by atoms with Crippen LogP contribution in [0.15, 0.2) is 49.1 Å². The average molecular weight is 397 g/mol. The average Bonchev–Trinajstić information content (AvgIpc) is 2.69. The van der Waals surface area contributed by atoms with E-state index in [0.717, 1.165) is 16.7 Å². The van der Waals surface area contributed by atoms with E-state index in [0.29, 0.717) is 23.6 Å². The van der Waals surface area contributed by atoms with Crippen LogP contribution in [0.25, 0.3) is 0 Å². The molecule has 0 aliphatic rings. The topological polar surface area (TPSA) is 73.9 Å². The van der Waals surface area contributed by atoms with E-state index in [1.807, 2.05) is 44.2 Å². The molecule has 1 N–H and O–H groups in total. The van der Waals surface area contributed by atoms with Gasteiger partial charge in [-0.2, -0.15) is 0 Å². The lowest BCUT2D eigenvalue weighted by Crippen LogP contribution is -2.31. The van der Waals surface area contributed by atoms with Crippen molar-refractivity contribution in [2.45, 2.75) is 33.3 Å². The minimum Gasteiger partial charge on any atom is -0.493 e. The first-order valence-corrected chi connectivity index (χ1v) is 9.32. The number of anilines is 1. The summed E-state index contributed by atoms with van der Waals surface area (Å²) in [6, 6.07) is 11.1. The van der Waals surface area contributed by atoms with Gasteiger partial charge in [-0.25, -0.2) is 4.79 Å². The Bertz CT molecular complexity index is 891. The number of rotatable bonds is 9. The predicted molar refractivity (Wildman–Crippen MR) is 112 cm³/mol. The number of allylic oxidation sites excluding steroid dienone is 1. The summed E-state index contributed by atoms with van der Waals surface area (Å²) in [6.45, 7) is 8.77. The number of carbonyl (C=O) groups is 2. The lowest BCUT2D eigenvalue weighted by molar-refractivity contribution is -0.155. The minimum absolute atomic E-state index is 0.335. The predicted octanol–water partition coefficient (Wildman–Crippen LogP) is 3.99. The molecule has 2 aromatic carbocycles. The Kier molecular flexibility index (Phi) is 7.83.